The van der Waals surface area contributed by atoms with Crippen LogP contribution in [0.5, 0.6) is 0 Å². The monoisotopic (exact) mass is 550 g/mol. The van der Waals surface area contributed by atoms with Gasteiger partial charge in [-0.05, 0) is 49.7 Å². The molecule has 12 N–H and O–H groups in total. The summed E-state index contributed by atoms with van der Waals surface area (Å²) in [5.41, 5.74) is 21.6. The number of hydrogen-bond donors (Lipinski definition) is 8. The van der Waals surface area contributed by atoms with E-state index in [2.05, 4.69) is 20.9 Å². The van der Waals surface area contributed by atoms with Gasteiger partial charge in [0.1, 0.15) is 18.1 Å². The molecule has 0 aromatic carbocycles. The molecule has 0 rings (SSSR count). The van der Waals surface area contributed by atoms with Crippen molar-refractivity contribution in [2.75, 3.05) is 30.6 Å². The summed E-state index contributed by atoms with van der Waals surface area (Å²) in [4.78, 5) is 64.8. The second-order valence-corrected chi connectivity index (χ2v) is 9.78. The molecule has 0 aliphatic heterocycles. The van der Waals surface area contributed by atoms with Gasteiger partial charge in [0, 0.05) is 6.54 Å². The molecule has 0 fully saturated rings. The number of primary amides is 1. The molecule has 0 saturated carbocycles. The number of aliphatic carboxylic acids is 1. The van der Waals surface area contributed by atoms with Crippen LogP contribution in [0.3, 0.4) is 0 Å². The highest BCUT2D eigenvalue weighted by Crippen LogP contribution is 2.07. The van der Waals surface area contributed by atoms with Gasteiger partial charge in [-0.3, -0.25) is 24.2 Å². The number of amides is 4. The zero-order valence-electron chi connectivity index (χ0n) is 20.5. The molecule has 36 heavy (non-hydrogen) atoms. The Morgan fingerprint density at radius 1 is 0.806 bits per heavy atom. The van der Waals surface area contributed by atoms with Gasteiger partial charge in [-0.2, -0.15) is 23.5 Å². The second-order valence-electron chi connectivity index (χ2n) is 7.81. The summed E-state index contributed by atoms with van der Waals surface area (Å²) in [5.74, 6) is -3.33. The maximum atomic E-state index is 13.1. The minimum absolute atomic E-state index is 0.114. The summed E-state index contributed by atoms with van der Waals surface area (Å²) in [6.07, 6.45) is 4.14. The van der Waals surface area contributed by atoms with Gasteiger partial charge in [0.25, 0.3) is 0 Å². The molecule has 0 aliphatic carbocycles. The number of thioether (sulfide) groups is 2. The number of hydrogen-bond acceptors (Lipinski definition) is 9. The van der Waals surface area contributed by atoms with Crippen molar-refractivity contribution < 1.29 is 29.1 Å². The van der Waals surface area contributed by atoms with Crippen LogP contribution in [0.25, 0.3) is 0 Å². The van der Waals surface area contributed by atoms with Gasteiger partial charge >= 0.3 is 5.97 Å². The van der Waals surface area contributed by atoms with Gasteiger partial charge in [0.15, 0.2) is 5.96 Å². The fraction of sp³-hybridized carbons (Fsp3) is 0.700. The third kappa shape index (κ3) is 14.6. The van der Waals surface area contributed by atoms with Crippen molar-refractivity contribution >= 4 is 59.1 Å². The number of guanidine groups is 1. The van der Waals surface area contributed by atoms with Crippen molar-refractivity contribution in [3.63, 3.8) is 0 Å². The summed E-state index contributed by atoms with van der Waals surface area (Å²) >= 11 is 2.94. The van der Waals surface area contributed by atoms with Crippen molar-refractivity contribution in [3.05, 3.63) is 0 Å². The highest BCUT2D eigenvalue weighted by atomic mass is 32.2. The lowest BCUT2D eigenvalue weighted by Crippen LogP contribution is -2.57. The molecule has 14 nitrogen and oxygen atoms in total. The maximum absolute atomic E-state index is 13.1. The number of carboxylic acids is 1. The van der Waals surface area contributed by atoms with E-state index in [9.17, 15) is 29.1 Å². The van der Waals surface area contributed by atoms with E-state index in [-0.39, 0.29) is 25.3 Å². The van der Waals surface area contributed by atoms with Crippen LogP contribution in [0.1, 0.15) is 32.1 Å². The highest BCUT2D eigenvalue weighted by Gasteiger charge is 2.30. The molecular weight excluding hydrogens is 512 g/mol. The Morgan fingerprint density at radius 2 is 1.31 bits per heavy atom. The molecule has 206 valence electrons. The van der Waals surface area contributed by atoms with E-state index in [1.54, 1.807) is 6.26 Å². The van der Waals surface area contributed by atoms with Crippen molar-refractivity contribution in [2.24, 2.45) is 27.9 Å². The van der Waals surface area contributed by atoms with Gasteiger partial charge in [-0.1, -0.05) is 0 Å². The third-order valence-corrected chi connectivity index (χ3v) is 6.10. The number of aliphatic imine (C=N–C) groups is 1. The molecule has 0 saturated heterocycles. The number of rotatable bonds is 19. The lowest BCUT2D eigenvalue weighted by molar-refractivity contribution is -0.143. The van der Waals surface area contributed by atoms with Crippen LogP contribution in [0.4, 0.5) is 0 Å². The Labute approximate surface area is 218 Å². The number of carbonyl (C=O) groups is 5. The van der Waals surface area contributed by atoms with E-state index in [1.807, 2.05) is 6.26 Å². The van der Waals surface area contributed by atoms with Crippen LogP contribution in [-0.2, 0) is 24.0 Å². The smallest absolute Gasteiger partial charge is 0.326 e. The minimum Gasteiger partial charge on any atom is -0.480 e. The molecular formula is C20H38N8O6S2. The average molecular weight is 551 g/mol. The molecule has 0 heterocycles. The number of nitrogens with two attached hydrogens (primary N) is 4. The van der Waals surface area contributed by atoms with Gasteiger partial charge < -0.3 is 44.0 Å². The van der Waals surface area contributed by atoms with Gasteiger partial charge in [0.05, 0.1) is 12.5 Å². The van der Waals surface area contributed by atoms with E-state index in [1.165, 1.54) is 23.5 Å². The Morgan fingerprint density at radius 3 is 1.81 bits per heavy atom. The molecule has 0 radical (unpaired) electrons. The van der Waals surface area contributed by atoms with Crippen LogP contribution in [0.15, 0.2) is 4.99 Å². The van der Waals surface area contributed by atoms with Crippen LogP contribution in [-0.4, -0.2) is 95.4 Å². The number of carbonyl (C=O) groups excluding carboxylic acids is 4. The van der Waals surface area contributed by atoms with Crippen LogP contribution < -0.4 is 38.9 Å². The van der Waals surface area contributed by atoms with Crippen molar-refractivity contribution in [2.45, 2.75) is 56.3 Å². The zero-order chi connectivity index (χ0) is 27.7. The SMILES string of the molecule is CSCCC(N)C(=O)NC(CCCN=C(N)N)C(=O)NC(CCSC)C(=O)NC(CC(N)=O)C(=O)O. The number of nitrogens with zero attached hydrogens (tertiary/aromatic N) is 1. The van der Waals surface area contributed by atoms with Gasteiger partial charge in [-0.15, -0.1) is 0 Å². The Hall–Kier alpha value is -2.72. The lowest BCUT2D eigenvalue weighted by Gasteiger charge is -2.25. The molecule has 0 aromatic heterocycles. The highest BCUT2D eigenvalue weighted by molar-refractivity contribution is 7.98. The van der Waals surface area contributed by atoms with E-state index < -0.39 is 60.2 Å². The van der Waals surface area contributed by atoms with E-state index in [0.717, 1.165) is 0 Å². The Balaban J connectivity index is 5.55. The van der Waals surface area contributed by atoms with Gasteiger partial charge in [-0.25, -0.2) is 4.79 Å². The molecule has 0 aliphatic rings. The molecule has 16 heteroatoms. The summed E-state index contributed by atoms with van der Waals surface area (Å²) in [6.45, 7) is 0.213. The minimum atomic E-state index is -1.55. The Kier molecular flexibility index (Phi) is 17.1. The van der Waals surface area contributed by atoms with Crippen molar-refractivity contribution in [1.82, 2.24) is 16.0 Å². The zero-order valence-corrected chi connectivity index (χ0v) is 22.2. The molecule has 4 amide bonds. The topological polar surface area (TPSA) is 258 Å². The van der Waals surface area contributed by atoms with E-state index in [4.69, 9.17) is 22.9 Å². The number of nitrogens with one attached hydrogen (secondary N) is 3. The first-order valence-electron chi connectivity index (χ1n) is 11.1. The maximum Gasteiger partial charge on any atom is 0.326 e. The van der Waals surface area contributed by atoms with Crippen molar-refractivity contribution in [3.8, 4) is 0 Å². The first-order chi connectivity index (χ1) is 16.9. The largest absolute Gasteiger partial charge is 0.480 e. The van der Waals surface area contributed by atoms with E-state index >= 15 is 0 Å². The molecule has 0 aromatic rings. The molecule has 4 atom stereocenters. The summed E-state index contributed by atoms with van der Waals surface area (Å²) in [6, 6.07) is -4.54. The normalized spacial score (nSPS) is 14.0. The fourth-order valence-corrected chi connectivity index (χ4v) is 3.84. The number of carboxylic acid groups (broad SMARTS) is 1. The standard InChI is InChI=1S/C20H38N8O6S2/c1-35-8-5-11(21)16(30)26-12(4-3-7-25-20(23)24)17(31)27-13(6-9-36-2)18(32)28-14(19(33)34)10-15(22)29/h11-14H,3-10,21H2,1-2H3,(H2,22,29)(H,26,30)(H,27,31)(H,28,32)(H,33,34)(H4,23,24,25). The third-order valence-electron chi connectivity index (χ3n) is 4.81. The van der Waals surface area contributed by atoms with Crippen LogP contribution in [0, 0.1) is 0 Å². The fourth-order valence-electron chi connectivity index (χ4n) is 2.88. The van der Waals surface area contributed by atoms with Crippen LogP contribution in [0.2, 0.25) is 0 Å². The summed E-state index contributed by atoms with van der Waals surface area (Å²) in [5, 5.41) is 16.7. The summed E-state index contributed by atoms with van der Waals surface area (Å²) in [7, 11) is 0. The molecule has 0 spiro atoms. The first-order valence-corrected chi connectivity index (χ1v) is 13.9. The predicted molar refractivity (Wildman–Crippen MR) is 141 cm³/mol. The van der Waals surface area contributed by atoms with E-state index in [0.29, 0.717) is 24.3 Å². The summed E-state index contributed by atoms with van der Waals surface area (Å²) < 4.78 is 0. The van der Waals surface area contributed by atoms with Crippen LogP contribution >= 0.6 is 23.5 Å². The Bertz CT molecular complexity index is 781. The quantitative estimate of drug-likeness (QED) is 0.0465. The lowest BCUT2D eigenvalue weighted by atomic mass is 10.1. The second kappa shape index (κ2) is 18.5. The predicted octanol–water partition coefficient (Wildman–Crippen LogP) is -2.71. The van der Waals surface area contributed by atoms with Crippen molar-refractivity contribution in [1.29, 1.82) is 0 Å². The average Bonchev–Trinajstić information content (AvgIpc) is 2.80. The van der Waals surface area contributed by atoms with Gasteiger partial charge in [0.2, 0.25) is 23.6 Å². The molecule has 0 bridgehead atoms. The molecule has 4 unspecified atom stereocenters. The first kappa shape index (κ1) is 33.3.